The maximum absolute atomic E-state index is 12.1. The molecule has 0 aliphatic carbocycles. The van der Waals surface area contributed by atoms with Crippen LogP contribution in [-0.2, 0) is 4.74 Å². The fraction of sp³-hybridized carbons (Fsp3) is 0.600. The van der Waals surface area contributed by atoms with Crippen molar-refractivity contribution in [2.75, 3.05) is 13.2 Å². The number of ether oxygens (including phenoxy) is 2. The quantitative estimate of drug-likeness (QED) is 0.803. The molecule has 0 spiro atoms. The topological polar surface area (TPSA) is 51.7 Å². The largest absolute Gasteiger partial charge is 0.490 e. The van der Waals surface area contributed by atoms with E-state index < -0.39 is 5.60 Å². The SMILES string of the molecule is CC1CN(C(=O)OC(C)(C)C)[C@H]1COc1ccc(Cl)nc1. The number of amides is 1. The van der Waals surface area contributed by atoms with Crippen molar-refractivity contribution in [3.63, 3.8) is 0 Å². The van der Waals surface area contributed by atoms with E-state index in [1.54, 1.807) is 23.2 Å². The highest BCUT2D eigenvalue weighted by Gasteiger charge is 2.41. The van der Waals surface area contributed by atoms with Crippen LogP contribution in [0, 0.1) is 5.92 Å². The van der Waals surface area contributed by atoms with Crippen LogP contribution in [-0.4, -0.2) is 40.8 Å². The number of carbonyl (C=O) groups is 1. The first-order chi connectivity index (χ1) is 9.76. The third kappa shape index (κ3) is 4.24. The van der Waals surface area contributed by atoms with Gasteiger partial charge in [-0.1, -0.05) is 18.5 Å². The van der Waals surface area contributed by atoms with E-state index in [4.69, 9.17) is 21.1 Å². The van der Waals surface area contributed by atoms with Crippen LogP contribution in [0.25, 0.3) is 0 Å². The van der Waals surface area contributed by atoms with E-state index in [2.05, 4.69) is 11.9 Å². The van der Waals surface area contributed by atoms with Crippen molar-refractivity contribution in [1.29, 1.82) is 0 Å². The molecule has 2 rings (SSSR count). The maximum Gasteiger partial charge on any atom is 0.410 e. The Hall–Kier alpha value is -1.49. The Bertz CT molecular complexity index is 499. The summed E-state index contributed by atoms with van der Waals surface area (Å²) < 4.78 is 11.1. The Balaban J connectivity index is 1.89. The molecule has 1 aromatic rings. The molecule has 2 atom stereocenters. The van der Waals surface area contributed by atoms with Crippen LogP contribution in [0.4, 0.5) is 4.79 Å². The van der Waals surface area contributed by atoms with Crippen LogP contribution in [0.3, 0.4) is 0 Å². The standard InChI is InChI=1S/C15H21ClN2O3/c1-10-8-18(14(19)21-15(2,3)4)12(10)9-20-11-5-6-13(16)17-7-11/h5-7,10,12H,8-9H2,1-4H3/t10?,12-/m0/s1. The lowest BCUT2D eigenvalue weighted by Gasteiger charge is -2.46. The maximum atomic E-state index is 12.1. The van der Waals surface area contributed by atoms with E-state index in [0.717, 1.165) is 0 Å². The third-order valence-electron chi connectivity index (χ3n) is 3.29. The smallest absolute Gasteiger partial charge is 0.410 e. The molecule has 5 nitrogen and oxygen atoms in total. The number of likely N-dealkylation sites (tertiary alicyclic amines) is 1. The van der Waals surface area contributed by atoms with E-state index in [-0.39, 0.29) is 12.1 Å². The molecule has 116 valence electrons. The van der Waals surface area contributed by atoms with Gasteiger partial charge in [0.15, 0.2) is 0 Å². The number of halogens is 1. The first-order valence-electron chi connectivity index (χ1n) is 7.00. The zero-order valence-corrected chi connectivity index (χ0v) is 13.6. The Morgan fingerprint density at radius 3 is 2.71 bits per heavy atom. The third-order valence-corrected chi connectivity index (χ3v) is 3.51. The minimum Gasteiger partial charge on any atom is -0.490 e. The Morgan fingerprint density at radius 1 is 1.48 bits per heavy atom. The molecule has 2 heterocycles. The second kappa shape index (κ2) is 6.10. The Morgan fingerprint density at radius 2 is 2.19 bits per heavy atom. The summed E-state index contributed by atoms with van der Waals surface area (Å²) in [6.45, 7) is 8.79. The van der Waals surface area contributed by atoms with Crippen LogP contribution in [0.15, 0.2) is 18.3 Å². The molecule has 0 N–H and O–H groups in total. The van der Waals surface area contributed by atoms with Crippen LogP contribution in [0.2, 0.25) is 5.15 Å². The van der Waals surface area contributed by atoms with Gasteiger partial charge in [0, 0.05) is 6.54 Å². The summed E-state index contributed by atoms with van der Waals surface area (Å²) in [5.41, 5.74) is -0.485. The van der Waals surface area contributed by atoms with E-state index in [0.29, 0.717) is 30.0 Å². The van der Waals surface area contributed by atoms with Crippen molar-refractivity contribution in [2.24, 2.45) is 5.92 Å². The normalized spacial score (nSPS) is 21.7. The predicted molar refractivity (Wildman–Crippen MR) is 80.6 cm³/mol. The van der Waals surface area contributed by atoms with Crippen molar-refractivity contribution in [2.45, 2.75) is 39.3 Å². The van der Waals surface area contributed by atoms with Crippen LogP contribution in [0.1, 0.15) is 27.7 Å². The van der Waals surface area contributed by atoms with E-state index in [9.17, 15) is 4.79 Å². The molecule has 1 aromatic heterocycles. The summed E-state index contributed by atoms with van der Waals surface area (Å²) in [7, 11) is 0. The summed E-state index contributed by atoms with van der Waals surface area (Å²) in [4.78, 5) is 17.7. The van der Waals surface area contributed by atoms with Gasteiger partial charge in [-0.25, -0.2) is 9.78 Å². The monoisotopic (exact) mass is 312 g/mol. The minimum atomic E-state index is -0.485. The molecule has 1 aliphatic heterocycles. The van der Waals surface area contributed by atoms with Gasteiger partial charge in [0.25, 0.3) is 0 Å². The molecule has 6 heteroatoms. The molecule has 21 heavy (non-hydrogen) atoms. The van der Waals surface area contributed by atoms with Gasteiger partial charge < -0.3 is 14.4 Å². The zero-order chi connectivity index (χ0) is 15.6. The number of pyridine rings is 1. The number of hydrogen-bond acceptors (Lipinski definition) is 4. The van der Waals surface area contributed by atoms with Crippen LogP contribution < -0.4 is 4.74 Å². The predicted octanol–water partition coefficient (Wildman–Crippen LogP) is 3.37. The van der Waals surface area contributed by atoms with E-state index in [1.165, 1.54) is 0 Å². The number of carbonyl (C=O) groups excluding carboxylic acids is 1. The summed E-state index contributed by atoms with van der Waals surface area (Å²) in [6, 6.07) is 3.46. The van der Waals surface area contributed by atoms with Crippen molar-refractivity contribution < 1.29 is 14.3 Å². The van der Waals surface area contributed by atoms with Crippen molar-refractivity contribution in [1.82, 2.24) is 9.88 Å². The molecule has 0 radical (unpaired) electrons. The second-order valence-electron chi connectivity index (χ2n) is 6.30. The minimum absolute atomic E-state index is 0.0236. The summed E-state index contributed by atoms with van der Waals surface area (Å²) in [6.07, 6.45) is 1.28. The lowest BCUT2D eigenvalue weighted by Crippen LogP contribution is -2.60. The zero-order valence-electron chi connectivity index (χ0n) is 12.8. The van der Waals surface area contributed by atoms with Gasteiger partial charge in [-0.15, -0.1) is 0 Å². The highest BCUT2D eigenvalue weighted by Crippen LogP contribution is 2.27. The first-order valence-corrected chi connectivity index (χ1v) is 7.38. The Kier molecular flexibility index (Phi) is 4.61. The van der Waals surface area contributed by atoms with Gasteiger partial charge in [-0.05, 0) is 38.8 Å². The second-order valence-corrected chi connectivity index (χ2v) is 6.69. The van der Waals surface area contributed by atoms with Crippen molar-refractivity contribution in [3.05, 3.63) is 23.5 Å². The molecule has 1 fully saturated rings. The van der Waals surface area contributed by atoms with Crippen LogP contribution in [0.5, 0.6) is 5.75 Å². The molecule has 1 unspecified atom stereocenters. The lowest BCUT2D eigenvalue weighted by molar-refractivity contribution is -0.0377. The average Bonchev–Trinajstić information content (AvgIpc) is 2.36. The molecule has 0 saturated carbocycles. The van der Waals surface area contributed by atoms with Gasteiger partial charge in [0.2, 0.25) is 0 Å². The highest BCUT2D eigenvalue weighted by atomic mass is 35.5. The molecule has 0 bridgehead atoms. The van der Waals surface area contributed by atoms with Crippen molar-refractivity contribution in [3.8, 4) is 5.75 Å². The lowest BCUT2D eigenvalue weighted by atomic mass is 9.91. The van der Waals surface area contributed by atoms with Crippen molar-refractivity contribution >= 4 is 17.7 Å². The summed E-state index contributed by atoms with van der Waals surface area (Å²) in [5, 5.41) is 0.426. The fourth-order valence-corrected chi connectivity index (χ4v) is 2.26. The van der Waals surface area contributed by atoms with E-state index in [1.807, 2.05) is 20.8 Å². The first kappa shape index (κ1) is 15.9. The number of aromatic nitrogens is 1. The Labute approximate surface area is 130 Å². The molecular formula is C15H21ClN2O3. The van der Waals surface area contributed by atoms with Gasteiger partial charge >= 0.3 is 6.09 Å². The van der Waals surface area contributed by atoms with Gasteiger partial charge in [0.1, 0.15) is 23.1 Å². The fourth-order valence-electron chi connectivity index (χ4n) is 2.15. The summed E-state index contributed by atoms with van der Waals surface area (Å²) >= 11 is 5.73. The average molecular weight is 313 g/mol. The molecule has 1 saturated heterocycles. The van der Waals surface area contributed by atoms with Gasteiger partial charge in [-0.2, -0.15) is 0 Å². The number of hydrogen-bond donors (Lipinski definition) is 0. The number of nitrogens with zero attached hydrogens (tertiary/aromatic N) is 2. The number of rotatable bonds is 3. The van der Waals surface area contributed by atoms with Gasteiger partial charge in [0.05, 0.1) is 12.2 Å². The molecule has 1 amide bonds. The van der Waals surface area contributed by atoms with Crippen LogP contribution >= 0.6 is 11.6 Å². The highest BCUT2D eigenvalue weighted by molar-refractivity contribution is 6.29. The molecule has 0 aromatic carbocycles. The van der Waals surface area contributed by atoms with E-state index >= 15 is 0 Å². The van der Waals surface area contributed by atoms with Gasteiger partial charge in [-0.3, -0.25) is 0 Å². The summed E-state index contributed by atoms with van der Waals surface area (Å²) in [5.74, 6) is 1.03. The molecular weight excluding hydrogens is 292 g/mol. The molecule has 1 aliphatic rings.